The van der Waals surface area contributed by atoms with Crippen molar-refractivity contribution in [2.75, 3.05) is 6.61 Å². The number of hydrogen-bond acceptors (Lipinski definition) is 4. The van der Waals surface area contributed by atoms with Crippen LogP contribution < -0.4 is 5.73 Å². The van der Waals surface area contributed by atoms with E-state index in [1.54, 1.807) is 12.1 Å². The molecule has 0 aromatic heterocycles. The van der Waals surface area contributed by atoms with Gasteiger partial charge >= 0.3 is 6.16 Å². The average molecular weight is 280 g/mol. The molecule has 0 aliphatic rings. The molecule has 5 nitrogen and oxygen atoms in total. The lowest BCUT2D eigenvalue weighted by Crippen LogP contribution is -2.15. The van der Waals surface area contributed by atoms with Crippen LogP contribution >= 0.6 is 0 Å². The molecule has 0 bridgehead atoms. The van der Waals surface area contributed by atoms with Crippen molar-refractivity contribution in [2.24, 2.45) is 10.9 Å². The van der Waals surface area contributed by atoms with Crippen LogP contribution in [0.15, 0.2) is 29.4 Å². The molecule has 0 aliphatic heterocycles. The Hall–Kier alpha value is -2.04. The third-order valence-electron chi connectivity index (χ3n) is 2.28. The Kier molecular flexibility index (Phi) is 9.74. The first-order valence-electron chi connectivity index (χ1n) is 6.87. The van der Waals surface area contributed by atoms with Crippen molar-refractivity contribution < 1.29 is 14.4 Å². The van der Waals surface area contributed by atoms with Crippen LogP contribution in [0.4, 0.5) is 4.79 Å². The number of rotatable bonds is 5. The molecule has 0 unspecified atom stereocenters. The molecule has 0 aliphatic carbocycles. The van der Waals surface area contributed by atoms with Crippen LogP contribution in [-0.2, 0) is 9.57 Å². The summed E-state index contributed by atoms with van der Waals surface area (Å²) in [5.41, 5.74) is 7.48. The fraction of sp³-hybridized carbons (Fsp3) is 0.467. The van der Waals surface area contributed by atoms with Gasteiger partial charge in [0, 0.05) is 5.56 Å². The van der Waals surface area contributed by atoms with Crippen molar-refractivity contribution in [2.45, 2.75) is 40.5 Å². The molecule has 0 spiro atoms. The Bertz CT molecular complexity index is 414. The Morgan fingerprint density at radius 1 is 1.25 bits per heavy atom. The van der Waals surface area contributed by atoms with Crippen LogP contribution in [0.2, 0.25) is 0 Å². The first-order valence-corrected chi connectivity index (χ1v) is 6.87. The van der Waals surface area contributed by atoms with E-state index in [0.29, 0.717) is 12.2 Å². The van der Waals surface area contributed by atoms with Gasteiger partial charge in [0.15, 0.2) is 5.84 Å². The molecule has 20 heavy (non-hydrogen) atoms. The van der Waals surface area contributed by atoms with Crippen LogP contribution in [0.3, 0.4) is 0 Å². The predicted octanol–water partition coefficient (Wildman–Crippen LogP) is 3.59. The van der Waals surface area contributed by atoms with E-state index in [2.05, 4.69) is 9.99 Å². The number of aryl methyl sites for hydroxylation is 1. The van der Waals surface area contributed by atoms with Crippen LogP contribution in [0.1, 0.15) is 44.7 Å². The SMILES string of the molecule is CC.CCCCOC(=O)O/N=C(\N)c1ccc(C)cc1. The van der Waals surface area contributed by atoms with E-state index in [-0.39, 0.29) is 5.84 Å². The normalized spacial score (nSPS) is 10.3. The summed E-state index contributed by atoms with van der Waals surface area (Å²) in [5, 5.41) is 3.52. The molecule has 1 rings (SSSR count). The molecule has 1 aromatic rings. The smallest absolute Gasteiger partial charge is 0.433 e. The number of carbonyl (C=O) groups is 1. The third kappa shape index (κ3) is 7.41. The zero-order valence-electron chi connectivity index (χ0n) is 12.7. The molecule has 0 heterocycles. The second-order valence-electron chi connectivity index (χ2n) is 3.89. The molecule has 0 fully saturated rings. The zero-order valence-corrected chi connectivity index (χ0v) is 12.7. The fourth-order valence-corrected chi connectivity index (χ4v) is 1.19. The summed E-state index contributed by atoms with van der Waals surface area (Å²) in [6, 6.07) is 7.41. The standard InChI is InChI=1S/C13H18N2O3.C2H6/c1-3-4-9-17-13(16)18-15-12(14)11-7-5-10(2)6-8-11;1-2/h5-8H,3-4,9H2,1-2H3,(H2,14,15);1-2H3. The Labute approximate surface area is 120 Å². The number of amidine groups is 1. The molecule has 2 N–H and O–H groups in total. The van der Waals surface area contributed by atoms with Gasteiger partial charge in [-0.2, -0.15) is 0 Å². The maximum absolute atomic E-state index is 11.1. The van der Waals surface area contributed by atoms with E-state index in [1.165, 1.54) is 0 Å². The second kappa shape index (κ2) is 10.8. The summed E-state index contributed by atoms with van der Waals surface area (Å²) >= 11 is 0. The molecule has 0 saturated carbocycles. The summed E-state index contributed by atoms with van der Waals surface area (Å²) < 4.78 is 4.76. The molecule has 0 saturated heterocycles. The number of nitrogens with two attached hydrogens (primary N) is 1. The van der Waals surface area contributed by atoms with E-state index in [1.807, 2.05) is 39.8 Å². The molecule has 0 atom stereocenters. The van der Waals surface area contributed by atoms with E-state index >= 15 is 0 Å². The lowest BCUT2D eigenvalue weighted by Gasteiger charge is -2.02. The summed E-state index contributed by atoms with van der Waals surface area (Å²) in [4.78, 5) is 15.6. The van der Waals surface area contributed by atoms with E-state index in [4.69, 9.17) is 10.5 Å². The minimum Gasteiger partial charge on any atom is -0.433 e. The quantitative estimate of drug-likeness (QED) is 0.223. The largest absolute Gasteiger partial charge is 0.535 e. The highest BCUT2D eigenvalue weighted by Gasteiger charge is 2.04. The zero-order chi connectivity index (χ0) is 15.4. The number of unbranched alkanes of at least 4 members (excludes halogenated alkanes) is 1. The van der Waals surface area contributed by atoms with Crippen LogP contribution in [0.5, 0.6) is 0 Å². The molecule has 0 amide bonds. The lowest BCUT2D eigenvalue weighted by atomic mass is 10.1. The number of carbonyl (C=O) groups excluding carboxylic acids is 1. The minimum absolute atomic E-state index is 0.141. The van der Waals surface area contributed by atoms with Crippen molar-refractivity contribution in [3.8, 4) is 0 Å². The lowest BCUT2D eigenvalue weighted by molar-refractivity contribution is 0.0565. The molecule has 0 radical (unpaired) electrons. The Morgan fingerprint density at radius 3 is 2.40 bits per heavy atom. The van der Waals surface area contributed by atoms with Gasteiger partial charge in [-0.25, -0.2) is 4.79 Å². The van der Waals surface area contributed by atoms with Gasteiger partial charge in [-0.15, -0.1) is 0 Å². The number of benzene rings is 1. The summed E-state index contributed by atoms with van der Waals surface area (Å²) in [7, 11) is 0. The number of ether oxygens (including phenoxy) is 1. The Balaban J connectivity index is 0.00000172. The first kappa shape index (κ1) is 18.0. The summed E-state index contributed by atoms with van der Waals surface area (Å²) in [6.45, 7) is 8.30. The van der Waals surface area contributed by atoms with Crippen molar-refractivity contribution in [1.82, 2.24) is 0 Å². The van der Waals surface area contributed by atoms with Crippen molar-refractivity contribution >= 4 is 12.0 Å². The van der Waals surface area contributed by atoms with Gasteiger partial charge in [-0.3, -0.25) is 4.84 Å². The van der Waals surface area contributed by atoms with Gasteiger partial charge in [0.25, 0.3) is 0 Å². The molecule has 5 heteroatoms. The second-order valence-corrected chi connectivity index (χ2v) is 3.89. The van der Waals surface area contributed by atoms with Gasteiger partial charge in [0.05, 0.1) is 6.61 Å². The van der Waals surface area contributed by atoms with Gasteiger partial charge in [0.2, 0.25) is 0 Å². The van der Waals surface area contributed by atoms with Gasteiger partial charge < -0.3 is 10.5 Å². The maximum atomic E-state index is 11.1. The highest BCUT2D eigenvalue weighted by molar-refractivity contribution is 5.97. The average Bonchev–Trinajstić information content (AvgIpc) is 2.48. The van der Waals surface area contributed by atoms with Gasteiger partial charge in [-0.05, 0) is 13.3 Å². The molecular formula is C15H24N2O3. The van der Waals surface area contributed by atoms with Crippen LogP contribution in [0.25, 0.3) is 0 Å². The summed E-state index contributed by atoms with van der Waals surface area (Å²) in [5.74, 6) is 0.141. The van der Waals surface area contributed by atoms with Crippen LogP contribution in [-0.4, -0.2) is 18.6 Å². The number of oxime groups is 1. The summed E-state index contributed by atoms with van der Waals surface area (Å²) in [6.07, 6.45) is 0.910. The number of nitrogens with zero attached hydrogens (tertiary/aromatic N) is 1. The monoisotopic (exact) mass is 280 g/mol. The van der Waals surface area contributed by atoms with Crippen LogP contribution in [0, 0.1) is 6.92 Å². The van der Waals surface area contributed by atoms with E-state index in [9.17, 15) is 4.79 Å². The first-order chi connectivity index (χ1) is 9.63. The number of hydrogen-bond donors (Lipinski definition) is 1. The highest BCUT2D eigenvalue weighted by Crippen LogP contribution is 2.03. The fourth-order valence-electron chi connectivity index (χ4n) is 1.19. The Morgan fingerprint density at radius 2 is 1.85 bits per heavy atom. The topological polar surface area (TPSA) is 73.9 Å². The van der Waals surface area contributed by atoms with Crippen molar-refractivity contribution in [3.63, 3.8) is 0 Å². The molecular weight excluding hydrogens is 256 g/mol. The van der Waals surface area contributed by atoms with Gasteiger partial charge in [0.1, 0.15) is 0 Å². The van der Waals surface area contributed by atoms with Crippen molar-refractivity contribution in [1.29, 1.82) is 0 Å². The predicted molar refractivity (Wildman–Crippen MR) is 80.6 cm³/mol. The molecule has 112 valence electrons. The van der Waals surface area contributed by atoms with E-state index in [0.717, 1.165) is 18.4 Å². The maximum Gasteiger partial charge on any atom is 0.535 e. The third-order valence-corrected chi connectivity index (χ3v) is 2.28. The minimum atomic E-state index is -0.835. The van der Waals surface area contributed by atoms with E-state index < -0.39 is 6.16 Å². The van der Waals surface area contributed by atoms with Gasteiger partial charge in [-0.1, -0.05) is 62.2 Å². The molecule has 1 aromatic carbocycles. The van der Waals surface area contributed by atoms with Crippen molar-refractivity contribution in [3.05, 3.63) is 35.4 Å². The highest BCUT2D eigenvalue weighted by atomic mass is 16.8.